The molecule has 0 spiro atoms. The van der Waals surface area contributed by atoms with E-state index < -0.39 is 10.8 Å². The number of benzene rings is 1. The molecule has 0 aliphatic heterocycles. The second-order valence-electron chi connectivity index (χ2n) is 3.19. The average Bonchev–Trinajstić information content (AvgIpc) is 2.18. The Bertz CT molecular complexity index is 348. The first kappa shape index (κ1) is 11.9. The Balaban J connectivity index is 2.77. The number of carboxylic acid groups (broad SMARTS) is 1. The lowest BCUT2D eigenvalue weighted by Crippen LogP contribution is -2.41. The van der Waals surface area contributed by atoms with E-state index in [1.54, 1.807) is 31.4 Å². The van der Waals surface area contributed by atoms with Crippen LogP contribution in [0.1, 0.15) is 6.92 Å². The number of hydrogen-bond donors (Lipinski definition) is 2. The van der Waals surface area contributed by atoms with Gasteiger partial charge in [-0.1, -0.05) is 11.8 Å². The number of aliphatic carboxylic acids is 1. The van der Waals surface area contributed by atoms with Crippen LogP contribution in [-0.4, -0.2) is 23.1 Å². The first-order chi connectivity index (χ1) is 6.95. The van der Waals surface area contributed by atoms with Crippen molar-refractivity contribution in [3.8, 4) is 5.75 Å². The SMILES string of the molecule is COc1ccc(SC(C)(N)C(=O)O)cc1. The molecule has 0 saturated carbocycles. The van der Waals surface area contributed by atoms with Crippen molar-refractivity contribution in [2.75, 3.05) is 7.11 Å². The zero-order valence-corrected chi connectivity index (χ0v) is 9.38. The van der Waals surface area contributed by atoms with Crippen molar-refractivity contribution in [2.45, 2.75) is 16.7 Å². The molecule has 0 radical (unpaired) electrons. The quantitative estimate of drug-likeness (QED) is 0.603. The molecule has 0 aliphatic carbocycles. The molecule has 1 unspecified atom stereocenters. The minimum Gasteiger partial charge on any atom is -0.497 e. The zero-order valence-electron chi connectivity index (χ0n) is 8.56. The summed E-state index contributed by atoms with van der Waals surface area (Å²) in [5.41, 5.74) is 5.59. The summed E-state index contributed by atoms with van der Waals surface area (Å²) in [6.45, 7) is 1.46. The van der Waals surface area contributed by atoms with Crippen LogP contribution >= 0.6 is 11.8 Å². The average molecular weight is 227 g/mol. The van der Waals surface area contributed by atoms with Crippen LogP contribution in [-0.2, 0) is 4.79 Å². The molecule has 0 aromatic heterocycles. The van der Waals surface area contributed by atoms with Gasteiger partial charge in [-0.25, -0.2) is 4.79 Å². The second kappa shape index (κ2) is 4.55. The Morgan fingerprint density at radius 2 is 2.00 bits per heavy atom. The summed E-state index contributed by atoms with van der Waals surface area (Å²) in [6.07, 6.45) is 0. The molecule has 15 heavy (non-hydrogen) atoms. The van der Waals surface area contributed by atoms with Crippen molar-refractivity contribution in [1.29, 1.82) is 0 Å². The fraction of sp³-hybridized carbons (Fsp3) is 0.300. The predicted octanol–water partition coefficient (Wildman–Crippen LogP) is 1.55. The van der Waals surface area contributed by atoms with Crippen molar-refractivity contribution in [3.63, 3.8) is 0 Å². The van der Waals surface area contributed by atoms with E-state index in [0.29, 0.717) is 0 Å². The molecule has 1 aromatic rings. The number of rotatable bonds is 4. The minimum atomic E-state index is -1.31. The van der Waals surface area contributed by atoms with Crippen molar-refractivity contribution < 1.29 is 14.6 Å². The highest BCUT2D eigenvalue weighted by Gasteiger charge is 2.29. The van der Waals surface area contributed by atoms with Crippen LogP contribution < -0.4 is 10.5 Å². The lowest BCUT2D eigenvalue weighted by Gasteiger charge is -2.18. The molecular weight excluding hydrogens is 214 g/mol. The smallest absolute Gasteiger partial charge is 0.334 e. The number of methoxy groups -OCH3 is 1. The minimum absolute atomic E-state index is 0.730. The van der Waals surface area contributed by atoms with Crippen LogP contribution in [0.2, 0.25) is 0 Å². The predicted molar refractivity (Wildman–Crippen MR) is 59.1 cm³/mol. The summed E-state index contributed by atoms with van der Waals surface area (Å²) >= 11 is 1.10. The van der Waals surface area contributed by atoms with Gasteiger partial charge in [-0.05, 0) is 31.2 Å². The van der Waals surface area contributed by atoms with Gasteiger partial charge in [-0.15, -0.1) is 0 Å². The van der Waals surface area contributed by atoms with Gasteiger partial charge in [0, 0.05) is 4.90 Å². The van der Waals surface area contributed by atoms with Crippen LogP contribution in [0.3, 0.4) is 0 Å². The normalized spacial score (nSPS) is 14.3. The molecule has 0 amide bonds. The van der Waals surface area contributed by atoms with Crippen molar-refractivity contribution in [2.24, 2.45) is 5.73 Å². The maximum atomic E-state index is 10.8. The fourth-order valence-corrected chi connectivity index (χ4v) is 1.78. The van der Waals surface area contributed by atoms with E-state index in [0.717, 1.165) is 22.4 Å². The monoisotopic (exact) mass is 227 g/mol. The van der Waals surface area contributed by atoms with Crippen molar-refractivity contribution in [1.82, 2.24) is 0 Å². The molecule has 82 valence electrons. The summed E-state index contributed by atoms with van der Waals surface area (Å²) in [4.78, 5) is 10.3. The first-order valence-corrected chi connectivity index (χ1v) is 5.12. The molecule has 3 N–H and O–H groups in total. The van der Waals surface area contributed by atoms with E-state index in [1.165, 1.54) is 6.92 Å². The zero-order chi connectivity index (χ0) is 11.5. The van der Waals surface area contributed by atoms with E-state index in [4.69, 9.17) is 15.6 Å². The number of nitrogens with two attached hydrogens (primary N) is 1. The fourth-order valence-electron chi connectivity index (χ4n) is 0.932. The van der Waals surface area contributed by atoms with Gasteiger partial charge in [0.05, 0.1) is 7.11 Å². The Morgan fingerprint density at radius 1 is 1.47 bits per heavy atom. The summed E-state index contributed by atoms with van der Waals surface area (Å²) < 4.78 is 4.99. The van der Waals surface area contributed by atoms with Gasteiger partial charge in [0.2, 0.25) is 0 Å². The third-order valence-electron chi connectivity index (χ3n) is 1.81. The van der Waals surface area contributed by atoms with Crippen LogP contribution in [0.25, 0.3) is 0 Å². The van der Waals surface area contributed by atoms with Crippen molar-refractivity contribution >= 4 is 17.7 Å². The maximum absolute atomic E-state index is 10.8. The molecule has 5 heteroatoms. The van der Waals surface area contributed by atoms with Crippen LogP contribution in [0.5, 0.6) is 5.75 Å². The van der Waals surface area contributed by atoms with Gasteiger partial charge in [-0.3, -0.25) is 0 Å². The van der Waals surface area contributed by atoms with Crippen LogP contribution in [0, 0.1) is 0 Å². The lowest BCUT2D eigenvalue weighted by atomic mass is 10.3. The Kier molecular flexibility index (Phi) is 3.60. The van der Waals surface area contributed by atoms with Crippen LogP contribution in [0.15, 0.2) is 29.2 Å². The molecule has 0 saturated heterocycles. The highest BCUT2D eigenvalue weighted by atomic mass is 32.2. The lowest BCUT2D eigenvalue weighted by molar-refractivity contribution is -0.139. The summed E-state index contributed by atoms with van der Waals surface area (Å²) in [6, 6.07) is 7.08. The molecule has 1 rings (SSSR count). The highest BCUT2D eigenvalue weighted by molar-refractivity contribution is 8.01. The summed E-state index contributed by atoms with van der Waals surface area (Å²) in [7, 11) is 1.58. The molecule has 0 heterocycles. The van der Waals surface area contributed by atoms with E-state index in [9.17, 15) is 4.79 Å². The second-order valence-corrected chi connectivity index (χ2v) is 4.71. The van der Waals surface area contributed by atoms with Gasteiger partial charge < -0.3 is 15.6 Å². The number of carbonyl (C=O) groups is 1. The Labute approximate surface area is 92.4 Å². The van der Waals surface area contributed by atoms with Gasteiger partial charge >= 0.3 is 5.97 Å². The number of carboxylic acids is 1. The van der Waals surface area contributed by atoms with Gasteiger partial charge in [0.1, 0.15) is 5.75 Å². The third kappa shape index (κ3) is 3.14. The molecule has 0 bridgehead atoms. The van der Waals surface area contributed by atoms with Gasteiger partial charge in [0.15, 0.2) is 4.87 Å². The summed E-state index contributed by atoms with van der Waals surface area (Å²) in [5.74, 6) is -0.309. The number of hydrogen-bond acceptors (Lipinski definition) is 4. The third-order valence-corrected chi connectivity index (χ3v) is 2.92. The Morgan fingerprint density at radius 3 is 2.40 bits per heavy atom. The molecule has 4 nitrogen and oxygen atoms in total. The molecular formula is C10H13NO3S. The molecule has 0 fully saturated rings. The van der Waals surface area contributed by atoms with Crippen molar-refractivity contribution in [3.05, 3.63) is 24.3 Å². The highest BCUT2D eigenvalue weighted by Crippen LogP contribution is 2.29. The van der Waals surface area contributed by atoms with E-state index in [2.05, 4.69) is 0 Å². The largest absolute Gasteiger partial charge is 0.497 e. The number of thioether (sulfide) groups is 1. The molecule has 1 atom stereocenters. The topological polar surface area (TPSA) is 72.5 Å². The first-order valence-electron chi connectivity index (χ1n) is 4.31. The molecule has 1 aromatic carbocycles. The maximum Gasteiger partial charge on any atom is 0.334 e. The van der Waals surface area contributed by atoms with Crippen LogP contribution in [0.4, 0.5) is 0 Å². The van der Waals surface area contributed by atoms with E-state index >= 15 is 0 Å². The van der Waals surface area contributed by atoms with E-state index in [1.807, 2.05) is 0 Å². The van der Waals surface area contributed by atoms with Gasteiger partial charge in [-0.2, -0.15) is 0 Å². The summed E-state index contributed by atoms with van der Waals surface area (Å²) in [5, 5.41) is 8.83. The van der Waals surface area contributed by atoms with Gasteiger partial charge in [0.25, 0.3) is 0 Å². The number of ether oxygens (including phenoxy) is 1. The standard InChI is InChI=1S/C10H13NO3S/c1-10(11,9(12)13)15-8-5-3-7(14-2)4-6-8/h3-6H,11H2,1-2H3,(H,12,13). The van der Waals surface area contributed by atoms with E-state index in [-0.39, 0.29) is 0 Å². The Hall–Kier alpha value is -1.20. The molecule has 0 aliphatic rings.